The van der Waals surface area contributed by atoms with Crippen LogP contribution in [0.2, 0.25) is 0 Å². The van der Waals surface area contributed by atoms with Crippen LogP contribution in [-0.2, 0) is 16.1 Å². The summed E-state index contributed by atoms with van der Waals surface area (Å²) in [5.74, 6) is -2.41. The van der Waals surface area contributed by atoms with Crippen LogP contribution in [-0.4, -0.2) is 59.7 Å². The van der Waals surface area contributed by atoms with E-state index in [-0.39, 0.29) is 37.1 Å². The first-order valence-corrected chi connectivity index (χ1v) is 11.1. The van der Waals surface area contributed by atoms with E-state index in [2.05, 4.69) is 5.32 Å². The highest BCUT2D eigenvalue weighted by Gasteiger charge is 2.33. The molecule has 1 aromatic heterocycles. The minimum Gasteiger partial charge on any atom is -0.383 e. The molecular weight excluding hydrogens is 461 g/mol. The lowest BCUT2D eigenvalue weighted by Crippen LogP contribution is -2.49. The Labute approximate surface area is 200 Å². The molecule has 0 unspecified atom stereocenters. The van der Waals surface area contributed by atoms with Crippen molar-refractivity contribution < 1.29 is 27.5 Å². The summed E-state index contributed by atoms with van der Waals surface area (Å²) < 4.78 is 47.9. The maximum Gasteiger partial charge on any atom is 0.322 e. The Hall–Kier alpha value is -3.79. The van der Waals surface area contributed by atoms with E-state index in [1.165, 1.54) is 24.1 Å². The number of amides is 3. The number of hydrogen-bond acceptors (Lipinski definition) is 3. The number of benzene rings is 2. The molecule has 0 saturated carbocycles. The van der Waals surface area contributed by atoms with Gasteiger partial charge in [0.2, 0.25) is 5.91 Å². The molecule has 1 N–H and O–H groups in total. The number of nitrogens with zero attached hydrogens (tertiary/aromatic N) is 3. The number of urea groups is 1. The molecule has 35 heavy (non-hydrogen) atoms. The zero-order valence-electron chi connectivity index (χ0n) is 19.1. The molecule has 2 aromatic carbocycles. The summed E-state index contributed by atoms with van der Waals surface area (Å²) in [4.78, 5) is 29.2. The quantitative estimate of drug-likeness (QED) is 0.549. The lowest BCUT2D eigenvalue weighted by molar-refractivity contribution is -0.134. The minimum atomic E-state index is -0.926. The van der Waals surface area contributed by atoms with Crippen LogP contribution in [0.15, 0.2) is 60.8 Å². The number of fused-ring (bicyclic) bond motifs is 1. The molecule has 7 nitrogen and oxygen atoms in total. The molecule has 2 heterocycles. The predicted octanol–water partition coefficient (Wildman–Crippen LogP) is 4.02. The summed E-state index contributed by atoms with van der Waals surface area (Å²) in [5, 5.41) is 2.39. The van der Waals surface area contributed by atoms with Crippen molar-refractivity contribution in [3.8, 4) is 0 Å². The molecule has 1 aliphatic heterocycles. The van der Waals surface area contributed by atoms with Crippen molar-refractivity contribution in [2.45, 2.75) is 12.6 Å². The zero-order valence-corrected chi connectivity index (χ0v) is 19.1. The molecule has 1 aliphatic rings. The summed E-state index contributed by atoms with van der Waals surface area (Å²) in [6.07, 6.45) is 1.92. The minimum absolute atomic E-state index is 0.0717. The normalized spacial score (nSPS) is 15.0. The Morgan fingerprint density at radius 3 is 2.51 bits per heavy atom. The fourth-order valence-electron chi connectivity index (χ4n) is 4.14. The van der Waals surface area contributed by atoms with Crippen LogP contribution in [0.25, 0.3) is 0 Å². The number of carbonyl (C=O) groups excluding carboxylic acids is 2. The summed E-state index contributed by atoms with van der Waals surface area (Å²) >= 11 is 0. The van der Waals surface area contributed by atoms with Crippen LogP contribution in [0.3, 0.4) is 0 Å². The molecule has 184 valence electrons. The number of rotatable bonds is 7. The second kappa shape index (κ2) is 10.6. The van der Waals surface area contributed by atoms with Gasteiger partial charge in [0.25, 0.3) is 0 Å². The maximum atomic E-state index is 14.1. The SMILES string of the molecule is COCCN(CC(=O)N1CCn2cccc2[C@H]1c1ccc(F)cc1)C(=O)Nc1ccc(F)cc1F. The summed E-state index contributed by atoms with van der Waals surface area (Å²) in [6, 6.07) is 11.4. The van der Waals surface area contributed by atoms with Crippen LogP contribution >= 0.6 is 0 Å². The standard InChI is InChI=1S/C25H25F3N4O3/c1-35-14-13-31(25(34)29-21-9-8-19(27)15-20(21)28)16-23(33)32-12-11-30-10-2-3-22(30)24(32)17-4-6-18(26)7-5-17/h2-10,15,24H,11-14,16H2,1H3,(H,29,34)/t24-/m1/s1. The van der Waals surface area contributed by atoms with Gasteiger partial charge in [-0.05, 0) is 42.0 Å². The molecule has 0 aliphatic carbocycles. The Bertz CT molecular complexity index is 1200. The lowest BCUT2D eigenvalue weighted by Gasteiger charge is -2.38. The van der Waals surface area contributed by atoms with Gasteiger partial charge in [0, 0.05) is 44.7 Å². The van der Waals surface area contributed by atoms with E-state index in [0.717, 1.165) is 23.4 Å². The average molecular weight is 486 g/mol. The van der Waals surface area contributed by atoms with Crippen LogP contribution < -0.4 is 5.32 Å². The number of halogens is 3. The first kappa shape index (κ1) is 24.3. The van der Waals surface area contributed by atoms with Crippen molar-refractivity contribution in [2.75, 3.05) is 38.7 Å². The van der Waals surface area contributed by atoms with Gasteiger partial charge in [-0.25, -0.2) is 18.0 Å². The molecule has 0 spiro atoms. The molecule has 4 rings (SSSR count). The molecule has 3 amide bonds. The topological polar surface area (TPSA) is 66.8 Å². The molecule has 1 atom stereocenters. The lowest BCUT2D eigenvalue weighted by atomic mass is 9.99. The first-order valence-electron chi connectivity index (χ1n) is 11.1. The van der Waals surface area contributed by atoms with Gasteiger partial charge in [-0.1, -0.05) is 12.1 Å². The zero-order chi connectivity index (χ0) is 24.9. The van der Waals surface area contributed by atoms with Crippen LogP contribution in [0.5, 0.6) is 0 Å². The number of methoxy groups -OCH3 is 1. The molecule has 0 bridgehead atoms. The third-order valence-electron chi connectivity index (χ3n) is 5.90. The number of ether oxygens (including phenoxy) is 1. The van der Waals surface area contributed by atoms with E-state index in [1.807, 2.05) is 22.9 Å². The van der Waals surface area contributed by atoms with Gasteiger partial charge >= 0.3 is 6.03 Å². The van der Waals surface area contributed by atoms with E-state index in [1.54, 1.807) is 17.0 Å². The molecule has 3 aromatic rings. The number of carbonyl (C=O) groups is 2. The monoisotopic (exact) mass is 486 g/mol. The summed E-state index contributed by atoms with van der Waals surface area (Å²) in [7, 11) is 1.46. The fourth-order valence-corrected chi connectivity index (χ4v) is 4.14. The predicted molar refractivity (Wildman–Crippen MR) is 123 cm³/mol. The Morgan fingerprint density at radius 2 is 1.80 bits per heavy atom. The van der Waals surface area contributed by atoms with Crippen LogP contribution in [0, 0.1) is 17.5 Å². The second-order valence-corrected chi connectivity index (χ2v) is 8.14. The number of aromatic nitrogens is 1. The van der Waals surface area contributed by atoms with Gasteiger partial charge in [0.1, 0.15) is 24.0 Å². The molecule has 0 radical (unpaired) electrons. The van der Waals surface area contributed by atoms with Crippen molar-refractivity contribution in [2.24, 2.45) is 0 Å². The number of hydrogen-bond donors (Lipinski definition) is 1. The highest BCUT2D eigenvalue weighted by atomic mass is 19.1. The Morgan fingerprint density at radius 1 is 1.06 bits per heavy atom. The van der Waals surface area contributed by atoms with E-state index in [4.69, 9.17) is 4.74 Å². The fraction of sp³-hybridized carbons (Fsp3) is 0.280. The van der Waals surface area contributed by atoms with Crippen molar-refractivity contribution in [1.29, 1.82) is 0 Å². The molecular formula is C25H25F3N4O3. The Kier molecular flexibility index (Phi) is 7.40. The second-order valence-electron chi connectivity index (χ2n) is 8.14. The molecule has 0 fully saturated rings. The average Bonchev–Trinajstić information content (AvgIpc) is 3.32. The van der Waals surface area contributed by atoms with Crippen LogP contribution in [0.4, 0.5) is 23.7 Å². The van der Waals surface area contributed by atoms with Crippen molar-refractivity contribution in [3.05, 3.63) is 89.5 Å². The third kappa shape index (κ3) is 5.48. The highest BCUT2D eigenvalue weighted by Crippen LogP contribution is 2.32. The molecule has 10 heteroatoms. The summed E-state index contributed by atoms with van der Waals surface area (Å²) in [6.45, 7) is 0.876. The summed E-state index contributed by atoms with van der Waals surface area (Å²) in [5.41, 5.74) is 1.41. The van der Waals surface area contributed by atoms with Gasteiger partial charge in [-0.2, -0.15) is 0 Å². The highest BCUT2D eigenvalue weighted by molar-refractivity contribution is 5.92. The van der Waals surface area contributed by atoms with Crippen LogP contribution in [0.1, 0.15) is 17.3 Å². The van der Waals surface area contributed by atoms with E-state index in [9.17, 15) is 22.8 Å². The smallest absolute Gasteiger partial charge is 0.322 e. The van der Waals surface area contributed by atoms with E-state index in [0.29, 0.717) is 19.2 Å². The number of nitrogens with one attached hydrogen (secondary N) is 1. The van der Waals surface area contributed by atoms with Gasteiger partial charge in [-0.15, -0.1) is 0 Å². The van der Waals surface area contributed by atoms with Gasteiger partial charge < -0.3 is 24.4 Å². The largest absolute Gasteiger partial charge is 0.383 e. The number of anilines is 1. The van der Waals surface area contributed by atoms with Crippen molar-refractivity contribution >= 4 is 17.6 Å². The van der Waals surface area contributed by atoms with E-state index < -0.39 is 23.7 Å². The van der Waals surface area contributed by atoms with Gasteiger partial charge in [0.15, 0.2) is 0 Å². The van der Waals surface area contributed by atoms with E-state index >= 15 is 0 Å². The molecule has 0 saturated heterocycles. The third-order valence-corrected chi connectivity index (χ3v) is 5.90. The Balaban J connectivity index is 1.56. The first-order chi connectivity index (χ1) is 16.9. The van der Waals surface area contributed by atoms with Gasteiger partial charge in [-0.3, -0.25) is 4.79 Å². The van der Waals surface area contributed by atoms with Gasteiger partial charge in [0.05, 0.1) is 18.3 Å². The van der Waals surface area contributed by atoms with Crippen molar-refractivity contribution in [1.82, 2.24) is 14.4 Å². The van der Waals surface area contributed by atoms with Crippen molar-refractivity contribution in [3.63, 3.8) is 0 Å². The maximum absolute atomic E-state index is 14.1.